The Bertz CT molecular complexity index is 304. The number of unbranched alkanes of at least 4 members (excludes halogenated alkanes) is 1. The van der Waals surface area contributed by atoms with Gasteiger partial charge >= 0.3 is 0 Å². The van der Waals surface area contributed by atoms with Crippen LogP contribution in [-0.2, 0) is 4.74 Å². The molecule has 1 aromatic heterocycles. The molecule has 7 heteroatoms. The van der Waals surface area contributed by atoms with Crippen LogP contribution in [0, 0.1) is 0 Å². The van der Waals surface area contributed by atoms with Crippen LogP contribution in [0.5, 0.6) is 0 Å². The molecule has 0 aromatic carbocycles. The van der Waals surface area contributed by atoms with E-state index in [-0.39, 0.29) is 10.6 Å². The van der Waals surface area contributed by atoms with E-state index in [0.717, 1.165) is 19.4 Å². The fourth-order valence-corrected chi connectivity index (χ4v) is 1.35. The van der Waals surface area contributed by atoms with Crippen molar-refractivity contribution < 1.29 is 4.74 Å². The standard InChI is InChI=1S/C9H14Cl2N4O/c1-2-3-5-16-6-4-12-9-14-7(10)13-8(11)15-9/h2-6H2,1H3,(H,12,13,14,15). The van der Waals surface area contributed by atoms with E-state index in [2.05, 4.69) is 27.2 Å². The molecule has 0 spiro atoms. The highest BCUT2D eigenvalue weighted by molar-refractivity contribution is 6.31. The van der Waals surface area contributed by atoms with Gasteiger partial charge in [-0.15, -0.1) is 0 Å². The SMILES string of the molecule is CCCCOCCNc1nc(Cl)nc(Cl)n1. The van der Waals surface area contributed by atoms with E-state index < -0.39 is 0 Å². The Hall–Kier alpha value is -0.650. The van der Waals surface area contributed by atoms with E-state index in [9.17, 15) is 0 Å². The summed E-state index contributed by atoms with van der Waals surface area (Å²) in [7, 11) is 0. The van der Waals surface area contributed by atoms with E-state index in [1.807, 2.05) is 0 Å². The summed E-state index contributed by atoms with van der Waals surface area (Å²) in [6, 6.07) is 0. The number of aromatic nitrogens is 3. The normalized spacial score (nSPS) is 10.4. The third kappa shape index (κ3) is 5.44. The van der Waals surface area contributed by atoms with Gasteiger partial charge < -0.3 is 10.1 Å². The minimum Gasteiger partial charge on any atom is -0.380 e. The Kier molecular flexibility index (Phi) is 6.37. The van der Waals surface area contributed by atoms with Gasteiger partial charge in [0.1, 0.15) is 0 Å². The zero-order chi connectivity index (χ0) is 11.8. The van der Waals surface area contributed by atoms with Gasteiger partial charge in [0.2, 0.25) is 16.5 Å². The quantitative estimate of drug-likeness (QED) is 0.767. The molecule has 1 N–H and O–H groups in total. The molecule has 1 heterocycles. The van der Waals surface area contributed by atoms with E-state index in [0.29, 0.717) is 19.1 Å². The smallest absolute Gasteiger partial charge is 0.228 e. The van der Waals surface area contributed by atoms with Gasteiger partial charge in [-0.05, 0) is 29.6 Å². The van der Waals surface area contributed by atoms with Crippen LogP contribution in [0.2, 0.25) is 10.6 Å². The van der Waals surface area contributed by atoms with Gasteiger partial charge in [-0.3, -0.25) is 0 Å². The second kappa shape index (κ2) is 7.60. The van der Waals surface area contributed by atoms with Crippen molar-refractivity contribution in [3.05, 3.63) is 10.6 Å². The lowest BCUT2D eigenvalue weighted by molar-refractivity contribution is 0.141. The highest BCUT2D eigenvalue weighted by atomic mass is 35.5. The predicted molar refractivity (Wildman–Crippen MR) is 64.1 cm³/mol. The van der Waals surface area contributed by atoms with Crippen molar-refractivity contribution in [2.75, 3.05) is 25.1 Å². The summed E-state index contributed by atoms with van der Waals surface area (Å²) in [5.41, 5.74) is 0. The molecule has 0 bridgehead atoms. The van der Waals surface area contributed by atoms with Crippen LogP contribution in [0.25, 0.3) is 0 Å². The lowest BCUT2D eigenvalue weighted by atomic mass is 10.4. The van der Waals surface area contributed by atoms with Crippen LogP contribution in [-0.4, -0.2) is 34.7 Å². The molecule has 0 aliphatic carbocycles. The van der Waals surface area contributed by atoms with Crippen molar-refractivity contribution in [2.24, 2.45) is 0 Å². The molecule has 0 aliphatic heterocycles. The Balaban J connectivity index is 2.21. The van der Waals surface area contributed by atoms with Crippen LogP contribution < -0.4 is 5.32 Å². The number of anilines is 1. The lowest BCUT2D eigenvalue weighted by Gasteiger charge is -2.05. The summed E-state index contributed by atoms with van der Waals surface area (Å²) in [4.78, 5) is 11.4. The molecule has 0 amide bonds. The van der Waals surface area contributed by atoms with Crippen LogP contribution in [0.1, 0.15) is 19.8 Å². The Morgan fingerprint density at radius 3 is 2.44 bits per heavy atom. The number of nitrogens with zero attached hydrogens (tertiary/aromatic N) is 3. The molecule has 1 aromatic rings. The number of rotatable bonds is 7. The maximum Gasteiger partial charge on any atom is 0.228 e. The summed E-state index contributed by atoms with van der Waals surface area (Å²) in [5, 5.41) is 3.10. The second-order valence-corrected chi connectivity index (χ2v) is 3.77. The third-order valence-electron chi connectivity index (χ3n) is 1.75. The Labute approximate surface area is 105 Å². The summed E-state index contributed by atoms with van der Waals surface area (Å²) in [5.74, 6) is 0.365. The van der Waals surface area contributed by atoms with Crippen molar-refractivity contribution in [3.8, 4) is 0 Å². The molecular weight excluding hydrogens is 251 g/mol. The van der Waals surface area contributed by atoms with Gasteiger partial charge in [0.25, 0.3) is 0 Å². The largest absolute Gasteiger partial charge is 0.380 e. The third-order valence-corrected chi connectivity index (χ3v) is 2.09. The zero-order valence-electron chi connectivity index (χ0n) is 9.04. The minimum atomic E-state index is 0.0781. The van der Waals surface area contributed by atoms with Crippen molar-refractivity contribution in [2.45, 2.75) is 19.8 Å². The number of nitrogens with one attached hydrogen (secondary N) is 1. The molecule has 0 atom stereocenters. The molecule has 5 nitrogen and oxygen atoms in total. The topological polar surface area (TPSA) is 59.9 Å². The average molecular weight is 265 g/mol. The first kappa shape index (κ1) is 13.4. The van der Waals surface area contributed by atoms with E-state index in [1.54, 1.807) is 0 Å². The summed E-state index contributed by atoms with van der Waals surface area (Å²) in [6.07, 6.45) is 2.20. The molecule has 16 heavy (non-hydrogen) atoms. The highest BCUT2D eigenvalue weighted by Crippen LogP contribution is 2.08. The molecule has 0 saturated heterocycles. The lowest BCUT2D eigenvalue weighted by Crippen LogP contribution is -2.12. The number of hydrogen-bond acceptors (Lipinski definition) is 5. The van der Waals surface area contributed by atoms with Crippen molar-refractivity contribution in [1.82, 2.24) is 15.0 Å². The van der Waals surface area contributed by atoms with E-state index in [1.165, 1.54) is 0 Å². The van der Waals surface area contributed by atoms with Gasteiger partial charge in [-0.1, -0.05) is 13.3 Å². The maximum atomic E-state index is 5.61. The molecule has 0 saturated carbocycles. The first-order chi connectivity index (χ1) is 7.72. The van der Waals surface area contributed by atoms with Crippen LogP contribution in [0.4, 0.5) is 5.95 Å². The van der Waals surface area contributed by atoms with Gasteiger partial charge in [-0.25, -0.2) is 0 Å². The van der Waals surface area contributed by atoms with Gasteiger partial charge in [0, 0.05) is 13.2 Å². The van der Waals surface area contributed by atoms with Crippen LogP contribution >= 0.6 is 23.2 Å². The maximum absolute atomic E-state index is 5.61. The number of halogens is 2. The monoisotopic (exact) mass is 264 g/mol. The Morgan fingerprint density at radius 1 is 1.12 bits per heavy atom. The van der Waals surface area contributed by atoms with Crippen molar-refractivity contribution in [1.29, 1.82) is 0 Å². The van der Waals surface area contributed by atoms with Crippen LogP contribution in [0.15, 0.2) is 0 Å². The second-order valence-electron chi connectivity index (χ2n) is 3.09. The van der Waals surface area contributed by atoms with Crippen molar-refractivity contribution in [3.63, 3.8) is 0 Å². The van der Waals surface area contributed by atoms with E-state index in [4.69, 9.17) is 27.9 Å². The number of ether oxygens (including phenoxy) is 1. The summed E-state index contributed by atoms with van der Waals surface area (Å²) in [6.45, 7) is 4.11. The summed E-state index contributed by atoms with van der Waals surface area (Å²) < 4.78 is 5.36. The van der Waals surface area contributed by atoms with Gasteiger partial charge in [0.05, 0.1) is 6.61 Å². The predicted octanol–water partition coefficient (Wildman–Crippen LogP) is 2.41. The Morgan fingerprint density at radius 2 is 1.81 bits per heavy atom. The molecule has 0 fully saturated rings. The molecule has 1 rings (SSSR count). The zero-order valence-corrected chi connectivity index (χ0v) is 10.6. The molecule has 0 radical (unpaired) electrons. The molecule has 0 unspecified atom stereocenters. The van der Waals surface area contributed by atoms with Crippen molar-refractivity contribution >= 4 is 29.2 Å². The van der Waals surface area contributed by atoms with Gasteiger partial charge in [-0.2, -0.15) is 15.0 Å². The first-order valence-corrected chi connectivity index (χ1v) is 5.86. The first-order valence-electron chi connectivity index (χ1n) is 5.11. The van der Waals surface area contributed by atoms with Crippen LogP contribution in [0.3, 0.4) is 0 Å². The fourth-order valence-electron chi connectivity index (χ4n) is 0.988. The molecule has 0 aliphatic rings. The number of hydrogen-bond donors (Lipinski definition) is 1. The van der Waals surface area contributed by atoms with Gasteiger partial charge in [0.15, 0.2) is 0 Å². The summed E-state index contributed by atoms with van der Waals surface area (Å²) >= 11 is 11.2. The highest BCUT2D eigenvalue weighted by Gasteiger charge is 2.01. The fraction of sp³-hybridized carbons (Fsp3) is 0.667. The molecular formula is C9H14Cl2N4O. The average Bonchev–Trinajstić information content (AvgIpc) is 2.22. The minimum absolute atomic E-state index is 0.0781. The van der Waals surface area contributed by atoms with E-state index >= 15 is 0 Å². The molecule has 90 valence electrons.